The van der Waals surface area contributed by atoms with Crippen LogP contribution in [0.15, 0.2) is 65.6 Å². The van der Waals surface area contributed by atoms with E-state index in [4.69, 9.17) is 11.5 Å². The number of halogens is 1. The second-order valence-electron chi connectivity index (χ2n) is 13.9. The van der Waals surface area contributed by atoms with Gasteiger partial charge in [0.15, 0.2) is 10.9 Å². The quantitative estimate of drug-likeness (QED) is 0.125. The molecule has 0 bridgehead atoms. The number of fused-ring (bicyclic) bond motifs is 2. The van der Waals surface area contributed by atoms with E-state index in [1.807, 2.05) is 35.0 Å². The maximum absolute atomic E-state index is 13.6. The first-order valence-electron chi connectivity index (χ1n) is 18.4. The van der Waals surface area contributed by atoms with Gasteiger partial charge in [-0.15, -0.1) is 32.6 Å². The van der Waals surface area contributed by atoms with Gasteiger partial charge in [0, 0.05) is 40.3 Å². The number of rotatable bonds is 10. The van der Waals surface area contributed by atoms with Gasteiger partial charge in [0.05, 0.1) is 11.0 Å². The minimum Gasteiger partial charge on any atom is -0.383 e. The number of hydrogen-bond acceptors (Lipinski definition) is 10. The van der Waals surface area contributed by atoms with Crippen molar-refractivity contribution >= 4 is 78.2 Å². The summed E-state index contributed by atoms with van der Waals surface area (Å²) in [6.07, 6.45) is 17.6. The molecule has 15 heteroatoms. The number of thiazole rings is 2. The minimum absolute atomic E-state index is 0.00923. The summed E-state index contributed by atoms with van der Waals surface area (Å²) in [5.74, 6) is 1.32. The van der Waals surface area contributed by atoms with Crippen molar-refractivity contribution in [1.82, 2.24) is 29.6 Å². The first-order valence-corrected chi connectivity index (χ1v) is 20.2. The smallest absolute Gasteiger partial charge is 0.251 e. The Morgan fingerprint density at radius 3 is 2.25 bits per heavy atom. The zero-order valence-electron chi connectivity index (χ0n) is 29.6. The van der Waals surface area contributed by atoms with Gasteiger partial charge in [0.25, 0.3) is 5.91 Å². The largest absolute Gasteiger partial charge is 0.383 e. The van der Waals surface area contributed by atoms with Crippen LogP contribution in [0.2, 0.25) is 0 Å². The van der Waals surface area contributed by atoms with Crippen molar-refractivity contribution in [1.29, 1.82) is 0 Å². The zero-order valence-corrected chi connectivity index (χ0v) is 31.2. The van der Waals surface area contributed by atoms with E-state index in [2.05, 4.69) is 25.5 Å². The van der Waals surface area contributed by atoms with Crippen LogP contribution in [0.5, 0.6) is 0 Å². The number of carbonyl (C=O) groups is 2. The summed E-state index contributed by atoms with van der Waals surface area (Å²) < 4.78 is 15.2. The standard InChI is InChI=1S/C19H22FN5OS.C19H23N5OS/c20-13-6-7-15-14(11-13)17(21)25(24-15)16(10-12-4-2-1-3-5-12)18(26)23-19-22-8-9-27-19;20-18-15-8-4-5-9-16(15)22-24(18)23(19-21-12-13-26-19)17(25)11-10-14-6-2-1-3-7-14/h6-9,11-12,16H,1-5,10,21H2,(H,22,23,26);4-5,8-9,12-14H,1-3,6-7,10-11,20H2. The van der Waals surface area contributed by atoms with E-state index < -0.39 is 6.04 Å². The van der Waals surface area contributed by atoms with Gasteiger partial charge in [-0.05, 0) is 55.0 Å². The lowest BCUT2D eigenvalue weighted by Crippen LogP contribution is -2.37. The predicted molar refractivity (Wildman–Crippen MR) is 210 cm³/mol. The van der Waals surface area contributed by atoms with Crippen LogP contribution < -0.4 is 21.8 Å². The molecule has 8 rings (SSSR count). The van der Waals surface area contributed by atoms with Crippen LogP contribution in [0.3, 0.4) is 0 Å². The van der Waals surface area contributed by atoms with Crippen LogP contribution in [0.4, 0.5) is 26.3 Å². The highest BCUT2D eigenvalue weighted by atomic mass is 32.1. The fourth-order valence-electron chi connectivity index (χ4n) is 7.58. The van der Waals surface area contributed by atoms with Crippen LogP contribution in [-0.2, 0) is 9.59 Å². The summed E-state index contributed by atoms with van der Waals surface area (Å²) in [6, 6.07) is 11.4. The Hall–Kier alpha value is -4.89. The summed E-state index contributed by atoms with van der Waals surface area (Å²) in [6.45, 7) is 0. The van der Waals surface area contributed by atoms with Crippen molar-refractivity contribution < 1.29 is 14.0 Å². The molecule has 2 amide bonds. The third-order valence-electron chi connectivity index (χ3n) is 10.4. The van der Waals surface area contributed by atoms with Crippen LogP contribution in [-0.4, -0.2) is 41.5 Å². The molecule has 53 heavy (non-hydrogen) atoms. The lowest BCUT2D eigenvalue weighted by molar-refractivity contribution is -0.120. The zero-order chi connectivity index (χ0) is 36.7. The summed E-state index contributed by atoms with van der Waals surface area (Å²) >= 11 is 2.78. The minimum atomic E-state index is -0.549. The van der Waals surface area contributed by atoms with Crippen molar-refractivity contribution in [3.63, 3.8) is 0 Å². The number of nitrogens with one attached hydrogen (secondary N) is 1. The van der Waals surface area contributed by atoms with Crippen molar-refractivity contribution in [3.05, 3.63) is 71.4 Å². The van der Waals surface area contributed by atoms with E-state index in [0.717, 1.165) is 30.2 Å². The number of nitrogens with zero attached hydrogens (tertiary/aromatic N) is 7. The molecule has 5 N–H and O–H groups in total. The summed E-state index contributed by atoms with van der Waals surface area (Å²) in [7, 11) is 0. The Morgan fingerprint density at radius 2 is 1.55 bits per heavy atom. The molecule has 2 saturated carbocycles. The number of benzene rings is 2. The summed E-state index contributed by atoms with van der Waals surface area (Å²) in [5.41, 5.74) is 13.9. The molecule has 6 aromatic rings. The van der Waals surface area contributed by atoms with Crippen LogP contribution in [0.1, 0.15) is 89.5 Å². The topological polar surface area (TPSA) is 163 Å². The third kappa shape index (κ3) is 8.51. The fourth-order valence-corrected chi connectivity index (χ4v) is 8.75. The van der Waals surface area contributed by atoms with Gasteiger partial charge in [0.2, 0.25) is 11.0 Å². The van der Waals surface area contributed by atoms with Crippen molar-refractivity contribution in [2.45, 2.75) is 89.5 Å². The van der Waals surface area contributed by atoms with E-state index in [0.29, 0.717) is 57.5 Å². The van der Waals surface area contributed by atoms with E-state index in [1.54, 1.807) is 23.1 Å². The van der Waals surface area contributed by atoms with Crippen LogP contribution in [0.25, 0.3) is 21.8 Å². The van der Waals surface area contributed by atoms with E-state index in [-0.39, 0.29) is 17.6 Å². The molecule has 4 heterocycles. The summed E-state index contributed by atoms with van der Waals surface area (Å²) in [5, 5.41) is 19.7. The number of carbonyl (C=O) groups excluding carboxylic acids is 2. The Bertz CT molecular complexity index is 2120. The molecule has 278 valence electrons. The van der Waals surface area contributed by atoms with Gasteiger partial charge in [0.1, 0.15) is 17.7 Å². The fraction of sp³-hybridized carbons (Fsp3) is 0.421. The molecule has 0 radical (unpaired) electrons. The predicted octanol–water partition coefficient (Wildman–Crippen LogP) is 8.60. The molecular weight excluding hydrogens is 712 g/mol. The molecule has 2 aliphatic carbocycles. The van der Waals surface area contributed by atoms with E-state index in [1.165, 1.54) is 96.0 Å². The van der Waals surface area contributed by atoms with Crippen molar-refractivity contribution in [3.8, 4) is 0 Å². The van der Waals surface area contributed by atoms with Crippen molar-refractivity contribution in [2.24, 2.45) is 11.8 Å². The second-order valence-corrected chi connectivity index (χ2v) is 15.7. The van der Waals surface area contributed by atoms with Crippen LogP contribution in [0, 0.1) is 17.7 Å². The molecule has 2 aliphatic rings. The number of nitrogens with two attached hydrogens (primary N) is 2. The number of amides is 2. The van der Waals surface area contributed by atoms with Gasteiger partial charge in [-0.2, -0.15) is 10.1 Å². The third-order valence-corrected chi connectivity index (χ3v) is 11.8. The Kier molecular flexibility index (Phi) is 11.6. The first-order chi connectivity index (χ1) is 25.9. The van der Waals surface area contributed by atoms with Crippen LogP contribution >= 0.6 is 22.7 Å². The number of aromatic nitrogens is 6. The Morgan fingerprint density at radius 1 is 0.849 bits per heavy atom. The highest BCUT2D eigenvalue weighted by Crippen LogP contribution is 2.35. The molecule has 1 unspecified atom stereocenters. The van der Waals surface area contributed by atoms with Crippen molar-refractivity contribution in [2.75, 3.05) is 21.8 Å². The monoisotopic (exact) mass is 756 g/mol. The normalized spacial score (nSPS) is 15.9. The molecule has 2 fully saturated rings. The second kappa shape index (κ2) is 16.8. The molecular formula is C38H45FN10O2S2. The number of hydrogen-bond donors (Lipinski definition) is 3. The lowest BCUT2D eigenvalue weighted by Gasteiger charge is -2.26. The summed E-state index contributed by atoms with van der Waals surface area (Å²) in [4.78, 5) is 36.1. The molecule has 0 saturated heterocycles. The van der Waals surface area contributed by atoms with Gasteiger partial charge < -0.3 is 16.8 Å². The average molecular weight is 757 g/mol. The van der Waals surface area contributed by atoms with Gasteiger partial charge in [-0.25, -0.2) is 19.0 Å². The lowest BCUT2D eigenvalue weighted by atomic mass is 9.84. The number of nitrogen functional groups attached to an aromatic ring is 2. The average Bonchev–Trinajstić information content (AvgIpc) is 4.01. The van der Waals surface area contributed by atoms with Gasteiger partial charge in [-0.1, -0.05) is 76.3 Å². The molecule has 1 atom stereocenters. The van der Waals surface area contributed by atoms with E-state index >= 15 is 0 Å². The molecule has 2 aromatic carbocycles. The molecule has 0 aliphatic heterocycles. The highest BCUT2D eigenvalue weighted by Gasteiger charge is 2.30. The van der Waals surface area contributed by atoms with Gasteiger partial charge >= 0.3 is 0 Å². The Labute approximate surface area is 315 Å². The van der Waals surface area contributed by atoms with Gasteiger partial charge in [-0.3, -0.25) is 9.59 Å². The molecule has 4 aromatic heterocycles. The molecule has 0 spiro atoms. The first kappa shape index (κ1) is 36.5. The number of anilines is 4. The molecule has 12 nitrogen and oxygen atoms in total. The maximum atomic E-state index is 13.6. The highest BCUT2D eigenvalue weighted by molar-refractivity contribution is 7.14. The maximum Gasteiger partial charge on any atom is 0.251 e. The van der Waals surface area contributed by atoms with E-state index in [9.17, 15) is 14.0 Å². The Balaban J connectivity index is 0.000000164. The SMILES string of the molecule is Nc1c2cc(F)ccc2nn1C(CC1CCCCC1)C(=O)Nc1nccs1.Nc1c2ccccc2nn1N(C(=O)CCC1CCCCC1)c1nccs1.